The molecule has 0 spiro atoms. The maximum absolute atomic E-state index is 12.8. The second-order valence-electron chi connectivity index (χ2n) is 6.50. The number of carbonyl (C=O) groups excluding carboxylic acids is 2. The summed E-state index contributed by atoms with van der Waals surface area (Å²) in [6.07, 6.45) is 0.163. The lowest BCUT2D eigenvalue weighted by Crippen LogP contribution is -2.36. The van der Waals surface area contributed by atoms with E-state index < -0.39 is 5.25 Å². The van der Waals surface area contributed by atoms with Crippen molar-refractivity contribution in [3.63, 3.8) is 0 Å². The number of fused-ring (bicyclic) bond motifs is 2. The predicted octanol–water partition coefficient (Wildman–Crippen LogP) is 4.32. The van der Waals surface area contributed by atoms with E-state index in [0.717, 1.165) is 25.8 Å². The van der Waals surface area contributed by atoms with Gasteiger partial charge in [0.05, 0.1) is 27.2 Å². The molecule has 0 aliphatic carbocycles. The fourth-order valence-corrected chi connectivity index (χ4v) is 5.14. The number of anilines is 1. The quantitative estimate of drug-likeness (QED) is 0.712. The van der Waals surface area contributed by atoms with Gasteiger partial charge < -0.3 is 10.2 Å². The number of nitrogens with one attached hydrogen (secondary N) is 1. The van der Waals surface area contributed by atoms with E-state index in [1.54, 1.807) is 23.3 Å². The van der Waals surface area contributed by atoms with Crippen LogP contribution in [0.3, 0.4) is 0 Å². The van der Waals surface area contributed by atoms with Crippen LogP contribution in [0.1, 0.15) is 24.4 Å². The molecule has 1 N–H and O–H groups in total. The molecular weight excluding hydrogens is 378 g/mol. The molecule has 5 nitrogen and oxygen atoms in total. The first-order valence-electron chi connectivity index (χ1n) is 8.70. The van der Waals surface area contributed by atoms with Gasteiger partial charge in [0.2, 0.25) is 11.8 Å². The molecule has 2 heterocycles. The summed E-state index contributed by atoms with van der Waals surface area (Å²) in [5, 5.41) is 3.37. The van der Waals surface area contributed by atoms with Crippen LogP contribution in [0.4, 0.5) is 5.69 Å². The third kappa shape index (κ3) is 3.57. The molecule has 2 amide bonds. The van der Waals surface area contributed by atoms with Crippen molar-refractivity contribution < 1.29 is 9.59 Å². The number of para-hydroxylation sites is 2. The molecule has 2 aromatic carbocycles. The van der Waals surface area contributed by atoms with Gasteiger partial charge in [-0.2, -0.15) is 0 Å². The molecule has 0 saturated heterocycles. The molecule has 2 atom stereocenters. The van der Waals surface area contributed by atoms with E-state index in [2.05, 4.69) is 10.3 Å². The van der Waals surface area contributed by atoms with Crippen molar-refractivity contribution in [3.05, 3.63) is 53.5 Å². The van der Waals surface area contributed by atoms with Crippen LogP contribution in [0.25, 0.3) is 10.2 Å². The number of hydrogen-bond donors (Lipinski definition) is 1. The van der Waals surface area contributed by atoms with Gasteiger partial charge in [-0.1, -0.05) is 24.3 Å². The van der Waals surface area contributed by atoms with Crippen LogP contribution in [-0.4, -0.2) is 34.0 Å². The summed E-state index contributed by atoms with van der Waals surface area (Å²) < 4.78 is 1.11. The van der Waals surface area contributed by atoms with Crippen molar-refractivity contribution in [1.29, 1.82) is 0 Å². The average Bonchev–Trinajstić information content (AvgIpc) is 3.11. The van der Waals surface area contributed by atoms with Crippen molar-refractivity contribution in [2.75, 3.05) is 12.4 Å². The van der Waals surface area contributed by atoms with Gasteiger partial charge in [-0.25, -0.2) is 4.98 Å². The third-order valence-electron chi connectivity index (χ3n) is 4.71. The molecule has 138 valence electrons. The SMILES string of the molecule is C[C@@H](c1nc2ccccc2s1)N(C)C(=O)C[C@@H]1Sc2ccccc2NC1=O. The zero-order valence-corrected chi connectivity index (χ0v) is 16.6. The van der Waals surface area contributed by atoms with Crippen LogP contribution >= 0.6 is 23.1 Å². The van der Waals surface area contributed by atoms with E-state index in [0.29, 0.717) is 0 Å². The van der Waals surface area contributed by atoms with Crippen molar-refractivity contribution in [2.24, 2.45) is 0 Å². The standard InChI is InChI=1S/C20H19N3O2S2/c1-12(20-22-14-8-4-6-10-16(14)27-20)23(2)18(24)11-17-19(25)21-13-7-3-5-9-15(13)26-17/h3-10,12,17H,11H2,1-2H3,(H,21,25)/t12-,17-/m0/s1. The molecule has 3 aromatic rings. The number of benzene rings is 2. The first-order chi connectivity index (χ1) is 13.0. The summed E-state index contributed by atoms with van der Waals surface area (Å²) >= 11 is 3.05. The number of thioether (sulfide) groups is 1. The Morgan fingerprint density at radius 1 is 1.22 bits per heavy atom. The van der Waals surface area contributed by atoms with Crippen LogP contribution in [0, 0.1) is 0 Å². The Bertz CT molecular complexity index is 984. The second kappa shape index (κ2) is 7.32. The molecule has 1 aliphatic rings. The van der Waals surface area contributed by atoms with Crippen LogP contribution in [-0.2, 0) is 9.59 Å². The van der Waals surface area contributed by atoms with E-state index in [9.17, 15) is 9.59 Å². The summed E-state index contributed by atoms with van der Waals surface area (Å²) in [4.78, 5) is 32.5. The van der Waals surface area contributed by atoms with Gasteiger partial charge in [-0.3, -0.25) is 9.59 Å². The summed E-state index contributed by atoms with van der Waals surface area (Å²) in [5.41, 5.74) is 1.76. The Kier molecular flexibility index (Phi) is 4.88. The van der Waals surface area contributed by atoms with Gasteiger partial charge in [-0.05, 0) is 31.2 Å². The summed E-state index contributed by atoms with van der Waals surface area (Å²) in [5.74, 6) is -0.179. The smallest absolute Gasteiger partial charge is 0.238 e. The highest BCUT2D eigenvalue weighted by molar-refractivity contribution is 8.01. The fourth-order valence-electron chi connectivity index (χ4n) is 2.98. The first-order valence-corrected chi connectivity index (χ1v) is 10.4. The summed E-state index contributed by atoms with van der Waals surface area (Å²) in [6, 6.07) is 15.5. The Hall–Kier alpha value is -2.38. The maximum atomic E-state index is 12.8. The number of amides is 2. The number of nitrogens with zero attached hydrogens (tertiary/aromatic N) is 2. The molecule has 0 saturated carbocycles. The molecule has 0 radical (unpaired) electrons. The molecule has 4 rings (SSSR count). The topological polar surface area (TPSA) is 62.3 Å². The predicted molar refractivity (Wildman–Crippen MR) is 110 cm³/mol. The van der Waals surface area contributed by atoms with Crippen molar-refractivity contribution in [3.8, 4) is 0 Å². The summed E-state index contributed by atoms with van der Waals surface area (Å²) in [7, 11) is 1.78. The van der Waals surface area contributed by atoms with Crippen molar-refractivity contribution >= 4 is 50.8 Å². The normalized spacial score (nSPS) is 17.3. The minimum absolute atomic E-state index is 0.0613. The molecule has 1 aromatic heterocycles. The van der Waals surface area contributed by atoms with Gasteiger partial charge in [-0.15, -0.1) is 23.1 Å². The van der Waals surface area contributed by atoms with Gasteiger partial charge in [0.1, 0.15) is 5.01 Å². The highest BCUT2D eigenvalue weighted by Gasteiger charge is 2.31. The zero-order valence-electron chi connectivity index (χ0n) is 15.0. The first kappa shape index (κ1) is 18.0. The van der Waals surface area contributed by atoms with E-state index >= 15 is 0 Å². The minimum atomic E-state index is -0.419. The lowest BCUT2D eigenvalue weighted by atomic mass is 10.2. The number of aromatic nitrogens is 1. The largest absolute Gasteiger partial charge is 0.337 e. The molecule has 0 unspecified atom stereocenters. The Labute approximate surface area is 165 Å². The van der Waals surface area contributed by atoms with Crippen LogP contribution in [0.5, 0.6) is 0 Å². The second-order valence-corrected chi connectivity index (χ2v) is 8.80. The highest BCUT2D eigenvalue weighted by atomic mass is 32.2. The molecule has 0 fully saturated rings. The van der Waals surface area contributed by atoms with E-state index in [-0.39, 0.29) is 24.3 Å². The number of hydrogen-bond acceptors (Lipinski definition) is 5. The Morgan fingerprint density at radius 2 is 1.96 bits per heavy atom. The lowest BCUT2D eigenvalue weighted by Gasteiger charge is -2.27. The van der Waals surface area contributed by atoms with Gasteiger partial charge in [0.15, 0.2) is 0 Å². The molecule has 1 aliphatic heterocycles. The lowest BCUT2D eigenvalue weighted by molar-refractivity contribution is -0.133. The van der Waals surface area contributed by atoms with Crippen LogP contribution < -0.4 is 5.32 Å². The number of rotatable bonds is 4. The Balaban J connectivity index is 1.46. The van der Waals surface area contributed by atoms with Gasteiger partial charge in [0.25, 0.3) is 0 Å². The molecule has 27 heavy (non-hydrogen) atoms. The van der Waals surface area contributed by atoms with Crippen LogP contribution in [0.2, 0.25) is 0 Å². The van der Waals surface area contributed by atoms with Crippen molar-refractivity contribution in [1.82, 2.24) is 9.88 Å². The highest BCUT2D eigenvalue weighted by Crippen LogP contribution is 2.37. The number of carbonyl (C=O) groups is 2. The minimum Gasteiger partial charge on any atom is -0.337 e. The molecule has 7 heteroatoms. The third-order valence-corrected chi connectivity index (χ3v) is 7.19. The van der Waals surface area contributed by atoms with E-state index in [1.165, 1.54) is 11.8 Å². The zero-order chi connectivity index (χ0) is 19.0. The van der Waals surface area contributed by atoms with Gasteiger partial charge >= 0.3 is 0 Å². The monoisotopic (exact) mass is 397 g/mol. The summed E-state index contributed by atoms with van der Waals surface area (Å²) in [6.45, 7) is 1.97. The fraction of sp³-hybridized carbons (Fsp3) is 0.250. The number of thiazole rings is 1. The van der Waals surface area contributed by atoms with Crippen LogP contribution in [0.15, 0.2) is 53.4 Å². The average molecular weight is 398 g/mol. The van der Waals surface area contributed by atoms with E-state index in [1.807, 2.05) is 55.5 Å². The Morgan fingerprint density at radius 3 is 2.78 bits per heavy atom. The van der Waals surface area contributed by atoms with Gasteiger partial charge in [0, 0.05) is 18.4 Å². The molecule has 0 bridgehead atoms. The molecular formula is C20H19N3O2S2. The van der Waals surface area contributed by atoms with E-state index in [4.69, 9.17) is 0 Å². The maximum Gasteiger partial charge on any atom is 0.238 e. The van der Waals surface area contributed by atoms with Crippen molar-refractivity contribution in [2.45, 2.75) is 29.5 Å².